The van der Waals surface area contributed by atoms with Crippen molar-refractivity contribution < 1.29 is 23.1 Å². The van der Waals surface area contributed by atoms with Crippen LogP contribution in [-0.2, 0) is 0 Å². The molecule has 2 aromatic heterocycles. The van der Waals surface area contributed by atoms with Crippen molar-refractivity contribution in [3.05, 3.63) is 60.2 Å². The fraction of sp³-hybridized carbons (Fsp3) is 0.240. The molecule has 1 amide bonds. The van der Waals surface area contributed by atoms with E-state index in [0.717, 1.165) is 24.7 Å². The van der Waals surface area contributed by atoms with Crippen molar-refractivity contribution in [2.75, 3.05) is 50.0 Å². The van der Waals surface area contributed by atoms with Gasteiger partial charge in [0.2, 0.25) is 5.95 Å². The maximum Gasteiger partial charge on any atom is 0.289 e. The van der Waals surface area contributed by atoms with Crippen molar-refractivity contribution in [3.63, 3.8) is 0 Å². The van der Waals surface area contributed by atoms with Crippen molar-refractivity contribution in [1.29, 1.82) is 0 Å². The molecule has 2 aromatic carbocycles. The van der Waals surface area contributed by atoms with Gasteiger partial charge in [-0.25, -0.2) is 9.37 Å². The molecule has 192 valence electrons. The number of aromatic nitrogens is 2. The van der Waals surface area contributed by atoms with Crippen molar-refractivity contribution in [3.8, 4) is 11.5 Å². The van der Waals surface area contributed by atoms with Gasteiger partial charge in [0.1, 0.15) is 18.8 Å². The molecule has 4 aromatic rings. The number of rotatable bonds is 5. The summed E-state index contributed by atoms with van der Waals surface area (Å²) in [6.07, 6.45) is 1.09. The highest BCUT2D eigenvalue weighted by Gasteiger charge is 2.21. The number of carbonyl (C=O) groups excluding carboxylic acids is 1. The third-order valence-corrected chi connectivity index (χ3v) is 5.94. The van der Waals surface area contributed by atoms with Gasteiger partial charge in [0.05, 0.1) is 6.20 Å². The fourth-order valence-corrected chi connectivity index (χ4v) is 4.15. The summed E-state index contributed by atoms with van der Waals surface area (Å²) >= 11 is 0. The molecule has 0 unspecified atom stereocenters. The van der Waals surface area contributed by atoms with Gasteiger partial charge < -0.3 is 34.7 Å². The third-order valence-electron chi connectivity index (χ3n) is 5.94. The average Bonchev–Trinajstić information content (AvgIpc) is 3.34. The van der Waals surface area contributed by atoms with Gasteiger partial charge in [-0.2, -0.15) is 4.98 Å². The first-order valence-electron chi connectivity index (χ1n) is 11.6. The summed E-state index contributed by atoms with van der Waals surface area (Å²) in [4.78, 5) is 22.9. The van der Waals surface area contributed by atoms with Gasteiger partial charge in [-0.05, 0) is 36.4 Å². The monoisotopic (exact) mass is 526 g/mol. The van der Waals surface area contributed by atoms with Gasteiger partial charge in [0.25, 0.3) is 5.91 Å². The Balaban J connectivity index is 0.00000280. The first kappa shape index (κ1) is 24.6. The van der Waals surface area contributed by atoms with Crippen molar-refractivity contribution in [1.82, 2.24) is 20.2 Å². The lowest BCUT2D eigenvalue weighted by atomic mass is 10.2. The molecule has 4 heterocycles. The predicted molar refractivity (Wildman–Crippen MR) is 138 cm³/mol. The molecule has 12 heteroatoms. The second kappa shape index (κ2) is 10.5. The van der Waals surface area contributed by atoms with Crippen LogP contribution >= 0.6 is 12.4 Å². The molecule has 0 spiro atoms. The highest BCUT2D eigenvalue weighted by molar-refractivity contribution is 5.97. The molecule has 1 fully saturated rings. The zero-order valence-electron chi connectivity index (χ0n) is 19.6. The van der Waals surface area contributed by atoms with Crippen molar-refractivity contribution >= 4 is 52.4 Å². The largest absolute Gasteiger partial charge is 0.486 e. The van der Waals surface area contributed by atoms with Gasteiger partial charge in [-0.3, -0.25) is 4.79 Å². The quantitative estimate of drug-likeness (QED) is 0.354. The Hall–Kier alpha value is -4.09. The van der Waals surface area contributed by atoms with E-state index in [-0.39, 0.29) is 30.1 Å². The molecule has 0 bridgehead atoms. The standard InChI is InChI=1S/C25H23FN6O4.ClH/c26-18-14-28-25(31-23(18)29-17-2-4-20-21(13-17)35-10-9-34-20)30-16-1-3-19-15(11-16)12-22(36-19)24(33)32-7-5-27-6-8-32;/h1-4,11-14,27H,5-10H2,(H2,28,29,30,31);1H. The summed E-state index contributed by atoms with van der Waals surface area (Å²) in [7, 11) is 0. The van der Waals surface area contributed by atoms with E-state index in [2.05, 4.69) is 25.9 Å². The van der Waals surface area contributed by atoms with Crippen LogP contribution in [0, 0.1) is 5.82 Å². The lowest BCUT2D eigenvalue weighted by Crippen LogP contribution is -2.46. The minimum atomic E-state index is -0.600. The third kappa shape index (κ3) is 5.23. The molecule has 0 atom stereocenters. The van der Waals surface area contributed by atoms with Crippen LogP contribution in [0.4, 0.5) is 27.5 Å². The van der Waals surface area contributed by atoms with E-state index in [1.165, 1.54) is 0 Å². The maximum atomic E-state index is 14.4. The summed E-state index contributed by atoms with van der Waals surface area (Å²) in [5.74, 6) is 1.02. The highest BCUT2D eigenvalue weighted by atomic mass is 35.5. The number of amides is 1. The van der Waals surface area contributed by atoms with Gasteiger partial charge in [0, 0.05) is 49.0 Å². The number of nitrogens with one attached hydrogen (secondary N) is 3. The van der Waals surface area contributed by atoms with Crippen LogP contribution in [0.15, 0.2) is 53.1 Å². The van der Waals surface area contributed by atoms with Crippen molar-refractivity contribution in [2.45, 2.75) is 0 Å². The van der Waals surface area contributed by atoms with Crippen LogP contribution < -0.4 is 25.4 Å². The van der Waals surface area contributed by atoms with Crippen LogP contribution in [0.2, 0.25) is 0 Å². The first-order chi connectivity index (χ1) is 17.6. The maximum absolute atomic E-state index is 14.4. The summed E-state index contributed by atoms with van der Waals surface area (Å²) in [6, 6.07) is 12.4. The number of halogens is 2. The summed E-state index contributed by atoms with van der Waals surface area (Å²) < 4.78 is 31.3. The number of furan rings is 1. The molecule has 0 radical (unpaired) electrons. The molecule has 1 saturated heterocycles. The Kier molecular flexibility index (Phi) is 6.97. The second-order valence-electron chi connectivity index (χ2n) is 8.40. The van der Waals surface area contributed by atoms with E-state index in [0.29, 0.717) is 60.5 Å². The van der Waals surface area contributed by atoms with Crippen LogP contribution in [0.5, 0.6) is 11.5 Å². The van der Waals surface area contributed by atoms with Crippen LogP contribution in [0.1, 0.15) is 10.6 Å². The summed E-state index contributed by atoms with van der Waals surface area (Å²) in [6.45, 7) is 3.78. The average molecular weight is 527 g/mol. The smallest absolute Gasteiger partial charge is 0.289 e. The Morgan fingerprint density at radius 3 is 2.57 bits per heavy atom. The minimum Gasteiger partial charge on any atom is -0.486 e. The number of nitrogens with zero attached hydrogens (tertiary/aromatic N) is 3. The highest BCUT2D eigenvalue weighted by Crippen LogP contribution is 2.34. The number of hydrogen-bond acceptors (Lipinski definition) is 9. The Morgan fingerprint density at radius 1 is 0.973 bits per heavy atom. The SMILES string of the molecule is Cl.O=C(c1cc2cc(Nc3ncc(F)c(Nc4ccc5c(c4)OCCO5)n3)ccc2o1)N1CCNCC1. The van der Waals surface area contributed by atoms with E-state index in [1.807, 2.05) is 6.07 Å². The van der Waals surface area contributed by atoms with Crippen LogP contribution in [-0.4, -0.2) is 60.2 Å². The predicted octanol–water partition coefficient (Wildman–Crippen LogP) is 4.09. The number of benzene rings is 2. The molecule has 0 saturated carbocycles. The van der Waals surface area contributed by atoms with Crippen molar-refractivity contribution in [2.24, 2.45) is 0 Å². The zero-order chi connectivity index (χ0) is 24.5. The van der Waals surface area contributed by atoms with E-state index in [4.69, 9.17) is 13.9 Å². The summed E-state index contributed by atoms with van der Waals surface area (Å²) in [5, 5.41) is 10.0. The number of fused-ring (bicyclic) bond motifs is 2. The second-order valence-corrected chi connectivity index (χ2v) is 8.40. The lowest BCUT2D eigenvalue weighted by Gasteiger charge is -2.26. The molecule has 10 nitrogen and oxygen atoms in total. The Bertz CT molecular complexity index is 1440. The van der Waals surface area contributed by atoms with E-state index in [9.17, 15) is 9.18 Å². The number of anilines is 4. The molecule has 2 aliphatic rings. The Morgan fingerprint density at radius 2 is 1.73 bits per heavy atom. The van der Waals surface area contributed by atoms with Crippen LogP contribution in [0.25, 0.3) is 11.0 Å². The molecule has 2 aliphatic heterocycles. The van der Waals surface area contributed by atoms with Gasteiger partial charge in [0.15, 0.2) is 28.9 Å². The van der Waals surface area contributed by atoms with E-state index >= 15 is 0 Å². The molecule has 0 aliphatic carbocycles. The van der Waals surface area contributed by atoms with Gasteiger partial charge >= 0.3 is 0 Å². The normalized spacial score (nSPS) is 14.7. The molecular weight excluding hydrogens is 503 g/mol. The molecule has 37 heavy (non-hydrogen) atoms. The topological polar surface area (TPSA) is 114 Å². The lowest BCUT2D eigenvalue weighted by molar-refractivity contribution is 0.0706. The van der Waals surface area contributed by atoms with Crippen LogP contribution in [0.3, 0.4) is 0 Å². The first-order valence-corrected chi connectivity index (χ1v) is 11.6. The molecular formula is C25H24ClFN6O4. The summed E-state index contributed by atoms with van der Waals surface area (Å²) in [5.41, 5.74) is 1.87. The van der Waals surface area contributed by atoms with E-state index < -0.39 is 5.82 Å². The minimum absolute atomic E-state index is 0. The number of ether oxygens (including phenoxy) is 2. The van der Waals surface area contributed by atoms with Gasteiger partial charge in [-0.1, -0.05) is 0 Å². The van der Waals surface area contributed by atoms with E-state index in [1.54, 1.807) is 41.3 Å². The molecule has 3 N–H and O–H groups in total. The number of hydrogen-bond donors (Lipinski definition) is 3. The molecule has 6 rings (SSSR count). The zero-order valence-corrected chi connectivity index (χ0v) is 20.4. The fourth-order valence-electron chi connectivity index (χ4n) is 4.15. The number of carbonyl (C=O) groups is 1. The number of piperazine rings is 1. The van der Waals surface area contributed by atoms with Gasteiger partial charge in [-0.15, -0.1) is 12.4 Å². The Labute approximate surface area is 217 Å².